The Labute approximate surface area is 210 Å². The van der Waals surface area contributed by atoms with E-state index in [2.05, 4.69) is 5.32 Å². The number of carbonyl (C=O) groups is 4. The van der Waals surface area contributed by atoms with Crippen LogP contribution in [0.5, 0.6) is 0 Å². The summed E-state index contributed by atoms with van der Waals surface area (Å²) in [5.74, 6) is -6.63. The molecule has 0 aliphatic carbocycles. The van der Waals surface area contributed by atoms with Crippen molar-refractivity contribution < 1.29 is 38.2 Å². The van der Waals surface area contributed by atoms with Gasteiger partial charge in [-0.15, -0.1) is 0 Å². The van der Waals surface area contributed by atoms with E-state index in [4.69, 9.17) is 13.9 Å². The Morgan fingerprint density at radius 2 is 1.42 bits per heavy atom. The Morgan fingerprint density at radius 3 is 1.81 bits per heavy atom. The molecule has 1 saturated heterocycles. The molecule has 1 aliphatic heterocycles. The maximum absolute atomic E-state index is 13.3. The SMILES string of the molecule is CC1(C)OC(=O)C(C(=O)C(CO[Si](c2ccccc2)(c2ccccc2)C(C)(C)C)NC(=O)O)C(=O)O1. The van der Waals surface area contributed by atoms with Crippen LogP contribution >= 0.6 is 0 Å². The topological polar surface area (TPSA) is 128 Å². The van der Waals surface area contributed by atoms with Gasteiger partial charge in [0.1, 0.15) is 6.04 Å². The average molecular weight is 514 g/mol. The van der Waals surface area contributed by atoms with Gasteiger partial charge in [-0.25, -0.2) is 4.79 Å². The highest BCUT2D eigenvalue weighted by Gasteiger charge is 2.53. The number of cyclic esters (lactones) is 2. The fourth-order valence-electron chi connectivity index (χ4n) is 4.47. The normalized spacial score (nSPS) is 17.0. The second-order valence-electron chi connectivity index (χ2n) is 10.1. The van der Waals surface area contributed by atoms with Crippen LogP contribution in [0.3, 0.4) is 0 Å². The van der Waals surface area contributed by atoms with Crippen molar-refractivity contribution in [1.82, 2.24) is 5.32 Å². The lowest BCUT2D eigenvalue weighted by Crippen LogP contribution is -2.68. The highest BCUT2D eigenvalue weighted by molar-refractivity contribution is 6.99. The monoisotopic (exact) mass is 513 g/mol. The number of benzene rings is 2. The van der Waals surface area contributed by atoms with Crippen molar-refractivity contribution >= 4 is 42.5 Å². The first-order chi connectivity index (χ1) is 16.8. The molecular formula is C26H31NO8Si. The van der Waals surface area contributed by atoms with Gasteiger partial charge in [0.2, 0.25) is 5.92 Å². The Balaban J connectivity index is 2.02. The first-order valence-electron chi connectivity index (χ1n) is 11.5. The zero-order chi connectivity index (χ0) is 26.7. The van der Waals surface area contributed by atoms with Crippen LogP contribution in [0.25, 0.3) is 0 Å². The third kappa shape index (κ3) is 5.49. The molecule has 1 unspecified atom stereocenters. The second kappa shape index (κ2) is 10.2. The Hall–Kier alpha value is -3.50. The Morgan fingerprint density at radius 1 is 0.972 bits per heavy atom. The van der Waals surface area contributed by atoms with Crippen LogP contribution in [0.2, 0.25) is 5.04 Å². The fourth-order valence-corrected chi connectivity index (χ4v) is 9.04. The predicted octanol–water partition coefficient (Wildman–Crippen LogP) is 2.22. The highest BCUT2D eigenvalue weighted by atomic mass is 28.4. The smallest absolute Gasteiger partial charge is 0.405 e. The number of ketones is 1. The Kier molecular flexibility index (Phi) is 7.70. The number of hydrogen-bond donors (Lipinski definition) is 2. The number of ether oxygens (including phenoxy) is 2. The van der Waals surface area contributed by atoms with Gasteiger partial charge in [0.15, 0.2) is 5.78 Å². The first-order valence-corrected chi connectivity index (χ1v) is 13.4. The molecule has 1 aliphatic rings. The van der Waals surface area contributed by atoms with E-state index in [1.165, 1.54) is 13.8 Å². The van der Waals surface area contributed by atoms with Crippen molar-refractivity contribution in [3.05, 3.63) is 60.7 Å². The molecule has 9 nitrogen and oxygen atoms in total. The summed E-state index contributed by atoms with van der Waals surface area (Å²) in [5.41, 5.74) is 0. The summed E-state index contributed by atoms with van der Waals surface area (Å²) >= 11 is 0. The zero-order valence-electron chi connectivity index (χ0n) is 20.9. The second-order valence-corrected chi connectivity index (χ2v) is 14.4. The predicted molar refractivity (Wildman–Crippen MR) is 133 cm³/mol. The number of rotatable bonds is 8. The van der Waals surface area contributed by atoms with Crippen molar-refractivity contribution in [3.63, 3.8) is 0 Å². The standard InChI is InChI=1S/C26H31NO8Si/c1-25(2,3)36(17-12-8-6-9-13-17,18-14-10-7-11-15-18)33-16-19(27-24(31)32)21(28)20-22(29)34-26(4,5)35-23(20)30/h6-15,19-20,27H,16H2,1-5H3,(H,31,32). The number of Topliss-reactive ketones (excluding diaryl/α,β-unsaturated/α-hetero) is 1. The van der Waals surface area contributed by atoms with Crippen molar-refractivity contribution in [2.45, 2.75) is 51.5 Å². The van der Waals surface area contributed by atoms with E-state index in [1.807, 2.05) is 81.4 Å². The molecule has 1 heterocycles. The van der Waals surface area contributed by atoms with Crippen LogP contribution in [-0.2, 0) is 28.3 Å². The van der Waals surface area contributed by atoms with Crippen LogP contribution in [0, 0.1) is 5.92 Å². The number of nitrogens with one attached hydrogen (secondary N) is 1. The molecule has 1 fully saturated rings. The van der Waals surface area contributed by atoms with Gasteiger partial charge in [-0.1, -0.05) is 81.4 Å². The van der Waals surface area contributed by atoms with Gasteiger partial charge in [-0.2, -0.15) is 0 Å². The lowest BCUT2D eigenvalue weighted by Gasteiger charge is -2.43. The van der Waals surface area contributed by atoms with E-state index < -0.39 is 61.5 Å². The van der Waals surface area contributed by atoms with Gasteiger partial charge in [0.05, 0.1) is 6.61 Å². The number of carbonyl (C=O) groups excluding carboxylic acids is 3. The van der Waals surface area contributed by atoms with E-state index in [9.17, 15) is 24.3 Å². The summed E-state index contributed by atoms with van der Waals surface area (Å²) in [5, 5.41) is 12.9. The van der Waals surface area contributed by atoms with Gasteiger partial charge in [-0.05, 0) is 15.4 Å². The summed E-state index contributed by atoms with van der Waals surface area (Å²) in [4.78, 5) is 49.9. The quantitative estimate of drug-likeness (QED) is 0.312. The number of amides is 1. The minimum absolute atomic E-state index is 0.404. The molecular weight excluding hydrogens is 482 g/mol. The van der Waals surface area contributed by atoms with Crippen LogP contribution in [0.4, 0.5) is 4.79 Å². The summed E-state index contributed by atoms with van der Waals surface area (Å²) in [6.45, 7) is 8.40. The summed E-state index contributed by atoms with van der Waals surface area (Å²) < 4.78 is 16.8. The summed E-state index contributed by atoms with van der Waals surface area (Å²) in [6, 6.07) is 17.6. The third-order valence-electron chi connectivity index (χ3n) is 5.97. The molecule has 2 aromatic carbocycles. The molecule has 2 aromatic rings. The van der Waals surface area contributed by atoms with Crippen molar-refractivity contribution in [2.24, 2.45) is 5.92 Å². The van der Waals surface area contributed by atoms with Gasteiger partial charge < -0.3 is 24.3 Å². The maximum Gasteiger partial charge on any atom is 0.405 e. The average Bonchev–Trinajstić information content (AvgIpc) is 2.77. The number of esters is 2. The van der Waals surface area contributed by atoms with Crippen molar-refractivity contribution in [1.29, 1.82) is 0 Å². The van der Waals surface area contributed by atoms with Crippen molar-refractivity contribution in [2.75, 3.05) is 6.61 Å². The first kappa shape index (κ1) is 27.1. The van der Waals surface area contributed by atoms with Crippen molar-refractivity contribution in [3.8, 4) is 0 Å². The van der Waals surface area contributed by atoms with Gasteiger partial charge in [0.25, 0.3) is 14.1 Å². The molecule has 0 spiro atoms. The third-order valence-corrected chi connectivity index (χ3v) is 11.0. The van der Waals surface area contributed by atoms with Crippen LogP contribution in [0.1, 0.15) is 34.6 Å². The largest absolute Gasteiger partial charge is 0.465 e. The molecule has 1 amide bonds. The molecule has 0 bridgehead atoms. The fraction of sp³-hybridized carbons (Fsp3) is 0.385. The lowest BCUT2D eigenvalue weighted by molar-refractivity contribution is -0.238. The van der Waals surface area contributed by atoms with E-state index in [-0.39, 0.29) is 0 Å². The van der Waals surface area contributed by atoms with Crippen LogP contribution in [-0.4, -0.2) is 55.7 Å². The zero-order valence-corrected chi connectivity index (χ0v) is 21.9. The van der Waals surface area contributed by atoms with E-state index >= 15 is 0 Å². The lowest BCUT2D eigenvalue weighted by atomic mass is 9.97. The molecule has 0 saturated carbocycles. The Bertz CT molecular complexity index is 1070. The summed E-state index contributed by atoms with van der Waals surface area (Å²) in [6.07, 6.45) is -1.50. The minimum atomic E-state index is -3.13. The molecule has 1 atom stereocenters. The molecule has 36 heavy (non-hydrogen) atoms. The van der Waals surface area contributed by atoms with Crippen LogP contribution in [0.15, 0.2) is 60.7 Å². The number of carboxylic acid groups (broad SMARTS) is 1. The van der Waals surface area contributed by atoms with E-state index in [0.29, 0.717) is 0 Å². The summed E-state index contributed by atoms with van der Waals surface area (Å²) in [7, 11) is -3.13. The van der Waals surface area contributed by atoms with Gasteiger partial charge in [-0.3, -0.25) is 14.4 Å². The van der Waals surface area contributed by atoms with Crippen LogP contribution < -0.4 is 15.7 Å². The van der Waals surface area contributed by atoms with E-state index in [0.717, 1.165) is 10.4 Å². The molecule has 0 aromatic heterocycles. The van der Waals surface area contributed by atoms with Gasteiger partial charge >= 0.3 is 18.0 Å². The molecule has 10 heteroatoms. The molecule has 192 valence electrons. The minimum Gasteiger partial charge on any atom is -0.465 e. The molecule has 0 radical (unpaired) electrons. The molecule has 3 rings (SSSR count). The van der Waals surface area contributed by atoms with E-state index in [1.54, 1.807) is 0 Å². The van der Waals surface area contributed by atoms with Gasteiger partial charge in [0, 0.05) is 13.8 Å². The maximum atomic E-state index is 13.3. The number of hydrogen-bond acceptors (Lipinski definition) is 7. The highest BCUT2D eigenvalue weighted by Crippen LogP contribution is 2.37. The molecule has 2 N–H and O–H groups in total.